The van der Waals surface area contributed by atoms with E-state index in [9.17, 15) is 28.4 Å². The number of carboxylic acids is 1. The normalized spacial score (nSPS) is 19.8. The van der Waals surface area contributed by atoms with Crippen LogP contribution in [-0.4, -0.2) is 37.7 Å². The second kappa shape index (κ2) is 10.5. The molecule has 0 amide bonds. The van der Waals surface area contributed by atoms with Crippen LogP contribution in [-0.2, 0) is 17.4 Å². The first-order valence-electron chi connectivity index (χ1n) is 13.4. The lowest BCUT2D eigenvalue weighted by atomic mass is 9.80. The number of nitrogens with one attached hydrogen (secondary N) is 1. The summed E-state index contributed by atoms with van der Waals surface area (Å²) in [6.45, 7) is 1.65. The summed E-state index contributed by atoms with van der Waals surface area (Å²) in [5.74, 6) is -0.413. The van der Waals surface area contributed by atoms with Gasteiger partial charge in [-0.1, -0.05) is 35.5 Å². The Morgan fingerprint density at radius 1 is 1.05 bits per heavy atom. The second-order valence-electron chi connectivity index (χ2n) is 10.8. The van der Waals surface area contributed by atoms with Crippen molar-refractivity contribution >= 4 is 11.7 Å². The van der Waals surface area contributed by atoms with Crippen LogP contribution in [0.2, 0.25) is 0 Å². The van der Waals surface area contributed by atoms with Gasteiger partial charge in [-0.25, -0.2) is 0 Å². The smallest absolute Gasteiger partial charge is 0.419 e. The fourth-order valence-electron chi connectivity index (χ4n) is 5.96. The SMILES string of the molecule is Cc1cc(-c2nc(-c3ccc4c(c3)CCC4NC3CC(C(=O)O)C3)no2)ccc1-c1cccc(N(O)O)c1C(F)(F)F. The maximum absolute atomic E-state index is 13.9. The quantitative estimate of drug-likeness (QED) is 0.183. The summed E-state index contributed by atoms with van der Waals surface area (Å²) >= 11 is 0. The standard InChI is InChI=1S/C30H27F3N4O5/c1-15-11-18(6-8-21(15)23-3-2-4-25(37(40)41)26(23)30(31,32)33)28-35-27(36-42-28)17-5-9-22-16(12-17)7-10-24(22)34-20-13-19(14-20)29(38)39/h2-6,8-9,11-12,19-20,24,34,40-41H,7,10,13-14H2,1H3,(H,38,39). The van der Waals surface area contributed by atoms with Gasteiger partial charge in [-0.15, -0.1) is 5.23 Å². The molecule has 0 spiro atoms. The molecule has 9 nitrogen and oxygen atoms in total. The van der Waals surface area contributed by atoms with Crippen LogP contribution in [0.1, 0.15) is 47.6 Å². The molecule has 0 radical (unpaired) electrons. The van der Waals surface area contributed by atoms with Gasteiger partial charge in [-0.3, -0.25) is 15.2 Å². The third kappa shape index (κ3) is 5.13. The van der Waals surface area contributed by atoms with Crippen molar-refractivity contribution in [1.82, 2.24) is 15.5 Å². The van der Waals surface area contributed by atoms with Crippen molar-refractivity contribution < 1.29 is 38.0 Å². The molecular formula is C30H27F3N4O5. The molecule has 1 heterocycles. The summed E-state index contributed by atoms with van der Waals surface area (Å²) in [7, 11) is 0. The summed E-state index contributed by atoms with van der Waals surface area (Å²) < 4.78 is 47.2. The van der Waals surface area contributed by atoms with Gasteiger partial charge in [-0.05, 0) is 84.7 Å². The Kier molecular flexibility index (Phi) is 7.00. The number of hydrogen-bond acceptors (Lipinski definition) is 8. The molecule has 2 aliphatic carbocycles. The van der Waals surface area contributed by atoms with Crippen LogP contribution in [0.4, 0.5) is 18.9 Å². The number of hydrogen-bond donors (Lipinski definition) is 4. The van der Waals surface area contributed by atoms with Gasteiger partial charge in [-0.2, -0.15) is 18.2 Å². The number of nitrogens with zero attached hydrogens (tertiary/aromatic N) is 3. The van der Waals surface area contributed by atoms with E-state index in [1.807, 2.05) is 18.2 Å². The highest BCUT2D eigenvalue weighted by Crippen LogP contribution is 2.44. The summed E-state index contributed by atoms with van der Waals surface area (Å²) in [5, 5.41) is 35.0. The Labute approximate surface area is 238 Å². The number of alkyl halides is 3. The minimum atomic E-state index is -4.84. The molecular weight excluding hydrogens is 553 g/mol. The van der Waals surface area contributed by atoms with Crippen LogP contribution in [0.15, 0.2) is 59.1 Å². The van der Waals surface area contributed by atoms with Crippen molar-refractivity contribution in [1.29, 1.82) is 0 Å². The van der Waals surface area contributed by atoms with Crippen LogP contribution in [0.5, 0.6) is 0 Å². The molecule has 1 unspecified atom stereocenters. The molecule has 1 atom stereocenters. The Morgan fingerprint density at radius 2 is 1.81 bits per heavy atom. The molecule has 4 aromatic rings. The van der Waals surface area contributed by atoms with E-state index in [0.717, 1.165) is 30.0 Å². The average Bonchev–Trinajstić information content (AvgIpc) is 3.56. The van der Waals surface area contributed by atoms with Crippen LogP contribution >= 0.6 is 0 Å². The fourth-order valence-corrected chi connectivity index (χ4v) is 5.96. The summed E-state index contributed by atoms with van der Waals surface area (Å²) in [5.41, 5.74) is 2.25. The zero-order valence-electron chi connectivity index (χ0n) is 22.4. The number of aromatic nitrogens is 2. The van der Waals surface area contributed by atoms with E-state index in [1.54, 1.807) is 19.1 Å². The molecule has 0 saturated heterocycles. The van der Waals surface area contributed by atoms with Gasteiger partial charge in [0, 0.05) is 23.2 Å². The van der Waals surface area contributed by atoms with Gasteiger partial charge in [0.15, 0.2) is 0 Å². The van der Waals surface area contributed by atoms with Crippen molar-refractivity contribution in [3.05, 3.63) is 76.9 Å². The average molecular weight is 581 g/mol. The molecule has 1 aromatic heterocycles. The first-order valence-corrected chi connectivity index (χ1v) is 13.4. The summed E-state index contributed by atoms with van der Waals surface area (Å²) in [6.07, 6.45) is -1.76. The molecule has 42 heavy (non-hydrogen) atoms. The van der Waals surface area contributed by atoms with Gasteiger partial charge in [0.25, 0.3) is 5.89 Å². The van der Waals surface area contributed by atoms with Crippen molar-refractivity contribution in [3.8, 4) is 34.0 Å². The molecule has 2 aliphatic rings. The number of halogens is 3. The Morgan fingerprint density at radius 3 is 2.50 bits per heavy atom. The van der Waals surface area contributed by atoms with Gasteiger partial charge >= 0.3 is 12.1 Å². The number of carboxylic acid groups (broad SMARTS) is 1. The number of fused-ring (bicyclic) bond motifs is 1. The van der Waals surface area contributed by atoms with E-state index in [1.165, 1.54) is 23.8 Å². The lowest BCUT2D eigenvalue weighted by Crippen LogP contribution is -2.45. The number of benzene rings is 3. The van der Waals surface area contributed by atoms with Crippen LogP contribution in [0, 0.1) is 12.8 Å². The number of anilines is 1. The molecule has 0 bridgehead atoms. The second-order valence-corrected chi connectivity index (χ2v) is 10.8. The maximum Gasteiger partial charge on any atom is 0.419 e. The fraction of sp³-hybridized carbons (Fsp3) is 0.300. The van der Waals surface area contributed by atoms with E-state index < -0.39 is 28.6 Å². The molecule has 1 fully saturated rings. The first kappa shape index (κ1) is 27.9. The van der Waals surface area contributed by atoms with Crippen molar-refractivity contribution in [3.63, 3.8) is 0 Å². The third-order valence-corrected chi connectivity index (χ3v) is 8.13. The Bertz CT molecular complexity index is 1660. The van der Waals surface area contributed by atoms with E-state index in [0.29, 0.717) is 29.8 Å². The van der Waals surface area contributed by atoms with Gasteiger partial charge in [0.1, 0.15) is 5.69 Å². The number of aliphatic carboxylic acids is 1. The predicted octanol–water partition coefficient (Wildman–Crippen LogP) is 6.42. The van der Waals surface area contributed by atoms with Crippen LogP contribution in [0.3, 0.4) is 0 Å². The molecule has 12 heteroatoms. The number of carbonyl (C=O) groups is 1. The zero-order valence-corrected chi connectivity index (χ0v) is 22.4. The van der Waals surface area contributed by atoms with Gasteiger partial charge in [0.2, 0.25) is 5.82 Å². The molecule has 1 saturated carbocycles. The predicted molar refractivity (Wildman–Crippen MR) is 145 cm³/mol. The topological polar surface area (TPSA) is 132 Å². The third-order valence-electron chi connectivity index (χ3n) is 8.13. The molecule has 0 aliphatic heterocycles. The highest BCUT2D eigenvalue weighted by atomic mass is 19.4. The van der Waals surface area contributed by atoms with Gasteiger partial charge < -0.3 is 14.9 Å². The van der Waals surface area contributed by atoms with Crippen LogP contribution < -0.4 is 10.5 Å². The molecule has 218 valence electrons. The van der Waals surface area contributed by atoms with E-state index in [2.05, 4.69) is 15.5 Å². The number of rotatable bonds is 7. The minimum absolute atomic E-state index is 0.174. The zero-order chi connectivity index (χ0) is 29.8. The van der Waals surface area contributed by atoms with Gasteiger partial charge in [0.05, 0.1) is 11.5 Å². The minimum Gasteiger partial charge on any atom is -0.481 e. The lowest BCUT2D eigenvalue weighted by molar-refractivity contribution is -0.145. The van der Waals surface area contributed by atoms with E-state index in [4.69, 9.17) is 9.63 Å². The summed E-state index contributed by atoms with van der Waals surface area (Å²) in [6, 6.07) is 14.6. The van der Waals surface area contributed by atoms with E-state index >= 15 is 0 Å². The highest BCUT2D eigenvalue weighted by molar-refractivity contribution is 5.78. The maximum atomic E-state index is 13.9. The Hall–Kier alpha value is -4.26. The Balaban J connectivity index is 1.22. The largest absolute Gasteiger partial charge is 0.481 e. The monoisotopic (exact) mass is 580 g/mol. The first-order chi connectivity index (χ1) is 20.0. The molecule has 6 rings (SSSR count). The van der Waals surface area contributed by atoms with Crippen molar-refractivity contribution in [2.24, 2.45) is 5.92 Å². The highest BCUT2D eigenvalue weighted by Gasteiger charge is 2.39. The number of aryl methyl sites for hydroxylation is 2. The van der Waals surface area contributed by atoms with Crippen molar-refractivity contribution in [2.45, 2.75) is 50.9 Å². The molecule has 3 aromatic carbocycles. The van der Waals surface area contributed by atoms with E-state index in [-0.39, 0.29) is 35.0 Å². The lowest BCUT2D eigenvalue weighted by Gasteiger charge is -2.35. The summed E-state index contributed by atoms with van der Waals surface area (Å²) in [4.78, 5) is 15.6. The molecule has 4 N–H and O–H groups in total. The van der Waals surface area contributed by atoms with Crippen molar-refractivity contribution in [2.75, 3.05) is 5.23 Å². The van der Waals surface area contributed by atoms with Crippen LogP contribution in [0.25, 0.3) is 34.0 Å².